The summed E-state index contributed by atoms with van der Waals surface area (Å²) in [6, 6.07) is -0.0313. The summed E-state index contributed by atoms with van der Waals surface area (Å²) in [5.74, 6) is 1.08. The Balaban J connectivity index is 1.64. The summed E-state index contributed by atoms with van der Waals surface area (Å²) in [5, 5.41) is 12.3. The Morgan fingerprint density at radius 3 is 2.85 bits per heavy atom. The van der Waals surface area contributed by atoms with Gasteiger partial charge in [-0.15, -0.1) is 0 Å². The zero-order chi connectivity index (χ0) is 18.5. The van der Waals surface area contributed by atoms with Gasteiger partial charge in [0.05, 0.1) is 17.8 Å². The number of anilines is 1. The first-order valence-corrected chi connectivity index (χ1v) is 9.69. The minimum atomic E-state index is -0.0910. The molecule has 1 saturated heterocycles. The van der Waals surface area contributed by atoms with E-state index >= 15 is 0 Å². The molecule has 1 fully saturated rings. The standard InChI is InChI=1S/C19H30N4O3/c1-13(2)26-12-18(25)21-16-4-3-5-17-15(16)10-20-19(22-17)23-8-6-14(11-24)7-9-23/h10,13-14,16,24H,3-9,11-12H2,1-2H3,(H,21,25). The normalized spacial score (nSPS) is 20.9. The molecule has 7 heteroatoms. The van der Waals surface area contributed by atoms with Gasteiger partial charge in [-0.2, -0.15) is 0 Å². The number of amides is 1. The van der Waals surface area contributed by atoms with Crippen molar-refractivity contribution in [3.05, 3.63) is 17.5 Å². The minimum absolute atomic E-state index is 0.0313. The molecule has 2 aliphatic rings. The van der Waals surface area contributed by atoms with Crippen molar-refractivity contribution >= 4 is 11.9 Å². The molecule has 7 nitrogen and oxygen atoms in total. The number of aliphatic hydroxyl groups excluding tert-OH is 1. The number of rotatable bonds is 6. The zero-order valence-electron chi connectivity index (χ0n) is 15.8. The van der Waals surface area contributed by atoms with Crippen LogP contribution in [0.5, 0.6) is 0 Å². The van der Waals surface area contributed by atoms with Crippen molar-refractivity contribution in [3.63, 3.8) is 0 Å². The maximum atomic E-state index is 12.1. The molecule has 1 aromatic heterocycles. The lowest BCUT2D eigenvalue weighted by molar-refractivity contribution is -0.128. The molecule has 0 aromatic carbocycles. The van der Waals surface area contributed by atoms with Crippen LogP contribution < -0.4 is 10.2 Å². The first-order chi connectivity index (χ1) is 12.6. The Bertz CT molecular complexity index is 615. The molecule has 1 aliphatic carbocycles. The van der Waals surface area contributed by atoms with Crippen LogP contribution >= 0.6 is 0 Å². The molecule has 1 atom stereocenters. The summed E-state index contributed by atoms with van der Waals surface area (Å²) < 4.78 is 5.38. The highest BCUT2D eigenvalue weighted by molar-refractivity contribution is 5.77. The number of fused-ring (bicyclic) bond motifs is 1. The van der Waals surface area contributed by atoms with E-state index in [1.54, 1.807) is 0 Å². The van der Waals surface area contributed by atoms with Crippen molar-refractivity contribution in [3.8, 4) is 0 Å². The minimum Gasteiger partial charge on any atom is -0.396 e. The predicted octanol–water partition coefficient (Wildman–Crippen LogP) is 1.60. The largest absolute Gasteiger partial charge is 0.396 e. The van der Waals surface area contributed by atoms with Gasteiger partial charge in [0.1, 0.15) is 6.61 Å². The Hall–Kier alpha value is -1.73. The molecule has 1 unspecified atom stereocenters. The number of ether oxygens (including phenoxy) is 1. The molecule has 2 heterocycles. The van der Waals surface area contributed by atoms with E-state index in [0.717, 1.165) is 62.4 Å². The molecule has 144 valence electrons. The first-order valence-electron chi connectivity index (χ1n) is 9.69. The van der Waals surface area contributed by atoms with Crippen molar-refractivity contribution in [2.24, 2.45) is 5.92 Å². The van der Waals surface area contributed by atoms with Gasteiger partial charge in [0, 0.05) is 31.5 Å². The maximum Gasteiger partial charge on any atom is 0.246 e. The summed E-state index contributed by atoms with van der Waals surface area (Å²) in [6.07, 6.45) is 6.71. The first kappa shape index (κ1) is 19.0. The third-order valence-corrected chi connectivity index (χ3v) is 5.21. The van der Waals surface area contributed by atoms with Crippen LogP contribution in [0.3, 0.4) is 0 Å². The van der Waals surface area contributed by atoms with Gasteiger partial charge >= 0.3 is 0 Å². The Morgan fingerprint density at radius 1 is 1.38 bits per heavy atom. The molecule has 1 amide bonds. The average molecular weight is 362 g/mol. The molecule has 3 rings (SSSR count). The quantitative estimate of drug-likeness (QED) is 0.799. The van der Waals surface area contributed by atoms with Crippen LogP contribution in [0.1, 0.15) is 56.8 Å². The molecule has 0 radical (unpaired) electrons. The van der Waals surface area contributed by atoms with Gasteiger partial charge < -0.3 is 20.1 Å². The van der Waals surface area contributed by atoms with Gasteiger partial charge in [-0.1, -0.05) is 0 Å². The highest BCUT2D eigenvalue weighted by Crippen LogP contribution is 2.30. The number of nitrogens with one attached hydrogen (secondary N) is 1. The zero-order valence-corrected chi connectivity index (χ0v) is 15.8. The summed E-state index contributed by atoms with van der Waals surface area (Å²) >= 11 is 0. The van der Waals surface area contributed by atoms with Crippen molar-refractivity contribution in [1.82, 2.24) is 15.3 Å². The molecular weight excluding hydrogens is 332 g/mol. The summed E-state index contributed by atoms with van der Waals surface area (Å²) in [6.45, 7) is 5.96. The number of nitrogens with zero attached hydrogens (tertiary/aromatic N) is 3. The molecule has 26 heavy (non-hydrogen) atoms. The van der Waals surface area contributed by atoms with Crippen molar-refractivity contribution < 1.29 is 14.6 Å². The lowest BCUT2D eigenvalue weighted by atomic mass is 9.92. The molecule has 2 N–H and O–H groups in total. The molecule has 0 bridgehead atoms. The fourth-order valence-electron chi connectivity index (χ4n) is 3.63. The molecule has 1 aromatic rings. The topological polar surface area (TPSA) is 87.6 Å². The van der Waals surface area contributed by atoms with Crippen LogP contribution in [-0.2, 0) is 16.0 Å². The van der Waals surface area contributed by atoms with Crippen LogP contribution in [0.4, 0.5) is 5.95 Å². The Morgan fingerprint density at radius 2 is 2.15 bits per heavy atom. The number of piperidine rings is 1. The fourth-order valence-corrected chi connectivity index (χ4v) is 3.63. The second-order valence-corrected chi connectivity index (χ2v) is 7.56. The van der Waals surface area contributed by atoms with E-state index in [2.05, 4.69) is 15.2 Å². The SMILES string of the molecule is CC(C)OCC(=O)NC1CCCc2nc(N3CCC(CO)CC3)ncc21. The van der Waals surface area contributed by atoms with E-state index in [1.807, 2.05) is 20.0 Å². The number of aliphatic hydroxyl groups is 1. The van der Waals surface area contributed by atoms with Crippen LogP contribution in [0.15, 0.2) is 6.20 Å². The smallest absolute Gasteiger partial charge is 0.246 e. The van der Waals surface area contributed by atoms with Crippen molar-refractivity contribution in [2.45, 2.75) is 58.1 Å². The Labute approximate surface area is 155 Å². The molecule has 0 spiro atoms. The number of aromatic nitrogens is 2. The van der Waals surface area contributed by atoms with Crippen LogP contribution in [0.2, 0.25) is 0 Å². The maximum absolute atomic E-state index is 12.1. The number of aryl methyl sites for hydroxylation is 1. The molecule has 0 saturated carbocycles. The van der Waals surface area contributed by atoms with Crippen LogP contribution in [0, 0.1) is 5.92 Å². The van der Waals surface area contributed by atoms with Gasteiger partial charge in [0.2, 0.25) is 11.9 Å². The Kier molecular flexibility index (Phi) is 6.43. The number of hydrogen-bond acceptors (Lipinski definition) is 6. The van der Waals surface area contributed by atoms with Gasteiger partial charge in [-0.25, -0.2) is 9.97 Å². The summed E-state index contributed by atoms with van der Waals surface area (Å²) in [4.78, 5) is 23.7. The lowest BCUT2D eigenvalue weighted by Crippen LogP contribution is -2.37. The van der Waals surface area contributed by atoms with E-state index in [4.69, 9.17) is 9.72 Å². The average Bonchev–Trinajstić information content (AvgIpc) is 2.66. The highest BCUT2D eigenvalue weighted by atomic mass is 16.5. The number of hydrogen-bond donors (Lipinski definition) is 2. The summed E-state index contributed by atoms with van der Waals surface area (Å²) in [5.41, 5.74) is 2.07. The molecular formula is C19H30N4O3. The van der Waals surface area contributed by atoms with Gasteiger partial charge in [0.15, 0.2) is 0 Å². The van der Waals surface area contributed by atoms with Gasteiger partial charge in [-0.3, -0.25) is 4.79 Å². The van der Waals surface area contributed by atoms with E-state index in [9.17, 15) is 9.90 Å². The monoisotopic (exact) mass is 362 g/mol. The van der Waals surface area contributed by atoms with Crippen molar-refractivity contribution in [1.29, 1.82) is 0 Å². The van der Waals surface area contributed by atoms with Gasteiger partial charge in [0.25, 0.3) is 0 Å². The number of carbonyl (C=O) groups excluding carboxylic acids is 1. The fraction of sp³-hybridized carbons (Fsp3) is 0.737. The highest BCUT2D eigenvalue weighted by Gasteiger charge is 2.26. The second kappa shape index (κ2) is 8.77. The lowest BCUT2D eigenvalue weighted by Gasteiger charge is -2.32. The van der Waals surface area contributed by atoms with Gasteiger partial charge in [-0.05, 0) is 51.9 Å². The van der Waals surface area contributed by atoms with Crippen LogP contribution in [0.25, 0.3) is 0 Å². The van der Waals surface area contributed by atoms with E-state index < -0.39 is 0 Å². The van der Waals surface area contributed by atoms with Crippen LogP contribution in [-0.4, -0.2) is 53.4 Å². The van der Waals surface area contributed by atoms with E-state index in [1.165, 1.54) is 0 Å². The third-order valence-electron chi connectivity index (χ3n) is 5.21. The summed E-state index contributed by atoms with van der Waals surface area (Å²) in [7, 11) is 0. The predicted molar refractivity (Wildman–Crippen MR) is 99.0 cm³/mol. The second-order valence-electron chi connectivity index (χ2n) is 7.56. The third kappa shape index (κ3) is 4.71. The van der Waals surface area contributed by atoms with E-state index in [0.29, 0.717) is 5.92 Å². The van der Waals surface area contributed by atoms with E-state index in [-0.39, 0.29) is 31.3 Å². The van der Waals surface area contributed by atoms with Crippen molar-refractivity contribution in [2.75, 3.05) is 31.2 Å². The number of carbonyl (C=O) groups is 1. The molecule has 1 aliphatic heterocycles.